The van der Waals surface area contributed by atoms with Crippen LogP contribution in [0.25, 0.3) is 0 Å². The standard InChI is InChI=1S/C11H11NO2/c1-2-8-3-5-9(6-4-8)10(12)7-11(13)14/h1,3-6,10H,7,12H2,(H,13,14). The maximum atomic E-state index is 10.4. The lowest BCUT2D eigenvalue weighted by atomic mass is 10.0. The highest BCUT2D eigenvalue weighted by Gasteiger charge is 2.09. The Morgan fingerprint density at radius 2 is 2.07 bits per heavy atom. The first kappa shape index (κ1) is 10.3. The van der Waals surface area contributed by atoms with Gasteiger partial charge < -0.3 is 10.8 Å². The first-order valence-electron chi connectivity index (χ1n) is 4.17. The number of aliphatic carboxylic acids is 1. The highest BCUT2D eigenvalue weighted by Crippen LogP contribution is 2.14. The quantitative estimate of drug-likeness (QED) is 0.701. The van der Waals surface area contributed by atoms with Crippen molar-refractivity contribution in [2.24, 2.45) is 5.73 Å². The van der Waals surface area contributed by atoms with Crippen molar-refractivity contribution < 1.29 is 9.90 Å². The fraction of sp³-hybridized carbons (Fsp3) is 0.182. The molecule has 0 amide bonds. The third kappa shape index (κ3) is 2.61. The average Bonchev–Trinajstić information content (AvgIpc) is 2.17. The monoisotopic (exact) mass is 189 g/mol. The minimum atomic E-state index is -0.904. The molecule has 72 valence electrons. The average molecular weight is 189 g/mol. The van der Waals surface area contributed by atoms with Crippen molar-refractivity contribution in [3.63, 3.8) is 0 Å². The van der Waals surface area contributed by atoms with Crippen molar-refractivity contribution in [1.29, 1.82) is 0 Å². The molecule has 1 unspecified atom stereocenters. The second-order valence-corrected chi connectivity index (χ2v) is 2.97. The molecule has 0 aromatic heterocycles. The van der Waals surface area contributed by atoms with Gasteiger partial charge in [0, 0.05) is 11.6 Å². The molecule has 0 aliphatic carbocycles. The van der Waals surface area contributed by atoms with Crippen LogP contribution in [0.4, 0.5) is 0 Å². The van der Waals surface area contributed by atoms with Gasteiger partial charge in [0.25, 0.3) is 0 Å². The summed E-state index contributed by atoms with van der Waals surface area (Å²) in [6, 6.07) is 6.53. The lowest BCUT2D eigenvalue weighted by Crippen LogP contribution is -2.14. The molecular formula is C11H11NO2. The summed E-state index contributed by atoms with van der Waals surface area (Å²) >= 11 is 0. The van der Waals surface area contributed by atoms with E-state index in [1.807, 2.05) is 0 Å². The van der Waals surface area contributed by atoms with Crippen LogP contribution in [-0.2, 0) is 4.79 Å². The molecule has 0 saturated carbocycles. The van der Waals surface area contributed by atoms with Crippen LogP contribution >= 0.6 is 0 Å². The number of carbonyl (C=O) groups is 1. The van der Waals surface area contributed by atoms with Crippen LogP contribution in [0.5, 0.6) is 0 Å². The molecule has 0 bridgehead atoms. The number of rotatable bonds is 3. The Kier molecular flexibility index (Phi) is 3.27. The molecule has 1 aromatic rings. The Labute approximate surface area is 82.6 Å². The first-order valence-corrected chi connectivity index (χ1v) is 4.17. The Bertz CT molecular complexity index is 362. The summed E-state index contributed by atoms with van der Waals surface area (Å²) < 4.78 is 0. The molecule has 1 rings (SSSR count). The number of terminal acetylenes is 1. The molecule has 1 atom stereocenters. The van der Waals surface area contributed by atoms with E-state index in [4.69, 9.17) is 17.3 Å². The number of hydrogen-bond acceptors (Lipinski definition) is 2. The van der Waals surface area contributed by atoms with E-state index in [2.05, 4.69) is 5.92 Å². The molecule has 3 N–H and O–H groups in total. The largest absolute Gasteiger partial charge is 0.481 e. The summed E-state index contributed by atoms with van der Waals surface area (Å²) in [5, 5.41) is 8.53. The lowest BCUT2D eigenvalue weighted by molar-refractivity contribution is -0.137. The molecule has 0 saturated heterocycles. The van der Waals surface area contributed by atoms with E-state index >= 15 is 0 Å². The third-order valence-electron chi connectivity index (χ3n) is 1.90. The minimum absolute atomic E-state index is 0.0740. The molecule has 0 radical (unpaired) electrons. The number of carboxylic acids is 1. The van der Waals surface area contributed by atoms with Crippen molar-refractivity contribution in [2.45, 2.75) is 12.5 Å². The summed E-state index contributed by atoms with van der Waals surface area (Å²) in [6.07, 6.45) is 5.11. The molecule has 0 aliphatic heterocycles. The van der Waals surface area contributed by atoms with Crippen LogP contribution < -0.4 is 5.73 Å². The summed E-state index contributed by atoms with van der Waals surface area (Å²) in [5.74, 6) is 1.57. The van der Waals surface area contributed by atoms with E-state index in [1.165, 1.54) is 0 Å². The Morgan fingerprint density at radius 3 is 2.50 bits per heavy atom. The zero-order valence-electron chi connectivity index (χ0n) is 7.60. The van der Waals surface area contributed by atoms with E-state index in [1.54, 1.807) is 24.3 Å². The normalized spacial score (nSPS) is 11.7. The zero-order chi connectivity index (χ0) is 10.6. The first-order chi connectivity index (χ1) is 6.63. The van der Waals surface area contributed by atoms with E-state index in [0.29, 0.717) is 0 Å². The fourth-order valence-corrected chi connectivity index (χ4v) is 1.13. The number of nitrogens with two attached hydrogens (primary N) is 1. The number of benzene rings is 1. The van der Waals surface area contributed by atoms with Crippen LogP contribution in [-0.4, -0.2) is 11.1 Å². The predicted octanol–water partition coefficient (Wildman–Crippen LogP) is 1.14. The maximum absolute atomic E-state index is 10.4. The van der Waals surface area contributed by atoms with E-state index < -0.39 is 12.0 Å². The molecule has 0 heterocycles. The van der Waals surface area contributed by atoms with Gasteiger partial charge in [-0.1, -0.05) is 18.1 Å². The fourth-order valence-electron chi connectivity index (χ4n) is 1.13. The Morgan fingerprint density at radius 1 is 1.50 bits per heavy atom. The van der Waals surface area contributed by atoms with Crippen LogP contribution in [0, 0.1) is 12.3 Å². The summed E-state index contributed by atoms with van der Waals surface area (Å²) in [6.45, 7) is 0. The highest BCUT2D eigenvalue weighted by molar-refractivity contribution is 5.67. The van der Waals surface area contributed by atoms with Crippen molar-refractivity contribution in [1.82, 2.24) is 0 Å². The predicted molar refractivity (Wildman–Crippen MR) is 53.6 cm³/mol. The van der Waals surface area contributed by atoms with Crippen molar-refractivity contribution in [3.05, 3.63) is 35.4 Å². The van der Waals surface area contributed by atoms with Crippen molar-refractivity contribution in [2.75, 3.05) is 0 Å². The van der Waals surface area contributed by atoms with Crippen molar-refractivity contribution in [3.8, 4) is 12.3 Å². The van der Waals surface area contributed by atoms with E-state index in [-0.39, 0.29) is 6.42 Å². The summed E-state index contributed by atoms with van der Waals surface area (Å²) in [7, 11) is 0. The lowest BCUT2D eigenvalue weighted by Gasteiger charge is -2.08. The van der Waals surface area contributed by atoms with Gasteiger partial charge in [-0.25, -0.2) is 0 Å². The summed E-state index contributed by atoms with van der Waals surface area (Å²) in [4.78, 5) is 10.4. The van der Waals surface area contributed by atoms with Gasteiger partial charge >= 0.3 is 5.97 Å². The van der Waals surface area contributed by atoms with Crippen LogP contribution in [0.15, 0.2) is 24.3 Å². The van der Waals surface area contributed by atoms with Crippen LogP contribution in [0.2, 0.25) is 0 Å². The number of hydrogen-bond donors (Lipinski definition) is 2. The molecule has 0 aliphatic rings. The molecule has 0 spiro atoms. The van der Waals surface area contributed by atoms with Gasteiger partial charge in [0.05, 0.1) is 6.42 Å². The zero-order valence-corrected chi connectivity index (χ0v) is 7.60. The molecule has 0 fully saturated rings. The van der Waals surface area contributed by atoms with Gasteiger partial charge in [-0.05, 0) is 17.7 Å². The second kappa shape index (κ2) is 4.45. The smallest absolute Gasteiger partial charge is 0.305 e. The molecule has 3 heteroatoms. The van der Waals surface area contributed by atoms with Gasteiger partial charge in [-0.3, -0.25) is 4.79 Å². The Balaban J connectivity index is 2.77. The van der Waals surface area contributed by atoms with Gasteiger partial charge in [0.1, 0.15) is 0 Å². The van der Waals surface area contributed by atoms with Crippen LogP contribution in [0.3, 0.4) is 0 Å². The molecule has 1 aromatic carbocycles. The second-order valence-electron chi connectivity index (χ2n) is 2.97. The van der Waals surface area contributed by atoms with Gasteiger partial charge in [-0.2, -0.15) is 0 Å². The molecule has 14 heavy (non-hydrogen) atoms. The Hall–Kier alpha value is -1.79. The highest BCUT2D eigenvalue weighted by atomic mass is 16.4. The van der Waals surface area contributed by atoms with Gasteiger partial charge in [-0.15, -0.1) is 6.42 Å². The molecular weight excluding hydrogens is 178 g/mol. The SMILES string of the molecule is C#Cc1ccc(C(N)CC(=O)O)cc1. The number of carboxylic acid groups (broad SMARTS) is 1. The van der Waals surface area contributed by atoms with E-state index in [9.17, 15) is 4.79 Å². The topological polar surface area (TPSA) is 63.3 Å². The minimum Gasteiger partial charge on any atom is -0.481 e. The van der Waals surface area contributed by atoms with Gasteiger partial charge in [0.2, 0.25) is 0 Å². The van der Waals surface area contributed by atoms with E-state index in [0.717, 1.165) is 11.1 Å². The van der Waals surface area contributed by atoms with Crippen molar-refractivity contribution >= 4 is 5.97 Å². The summed E-state index contributed by atoms with van der Waals surface area (Å²) in [5.41, 5.74) is 7.20. The molecule has 3 nitrogen and oxygen atoms in total. The maximum Gasteiger partial charge on any atom is 0.305 e. The van der Waals surface area contributed by atoms with Crippen LogP contribution in [0.1, 0.15) is 23.6 Å². The third-order valence-corrected chi connectivity index (χ3v) is 1.90. The van der Waals surface area contributed by atoms with Gasteiger partial charge in [0.15, 0.2) is 0 Å².